The van der Waals surface area contributed by atoms with Gasteiger partial charge in [-0.15, -0.1) is 0 Å². The van der Waals surface area contributed by atoms with Crippen LogP contribution in [-0.2, 0) is 16.4 Å². The van der Waals surface area contributed by atoms with E-state index in [-0.39, 0.29) is 12.3 Å². The number of H-pyrrole nitrogens is 1. The van der Waals surface area contributed by atoms with Crippen LogP contribution in [0.3, 0.4) is 0 Å². The first-order valence-corrected chi connectivity index (χ1v) is 9.71. The second kappa shape index (κ2) is 5.55. The maximum Gasteiger partial charge on any atom is 0.149 e. The van der Waals surface area contributed by atoms with Crippen LogP contribution in [0.2, 0.25) is 0 Å². The summed E-state index contributed by atoms with van der Waals surface area (Å²) >= 11 is 0. The highest BCUT2D eigenvalue weighted by molar-refractivity contribution is 7.90. The summed E-state index contributed by atoms with van der Waals surface area (Å²) in [4.78, 5) is 4.46. The first-order chi connectivity index (χ1) is 11.9. The highest BCUT2D eigenvalue weighted by atomic mass is 32.2. The third-order valence-electron chi connectivity index (χ3n) is 4.02. The van der Waals surface area contributed by atoms with Crippen LogP contribution in [0.25, 0.3) is 33.1 Å². The van der Waals surface area contributed by atoms with Gasteiger partial charge in [-0.1, -0.05) is 6.07 Å². The number of aromatic nitrogens is 5. The quantitative estimate of drug-likeness (QED) is 0.573. The van der Waals surface area contributed by atoms with E-state index in [9.17, 15) is 8.42 Å². The van der Waals surface area contributed by atoms with Crippen molar-refractivity contribution in [2.45, 2.75) is 6.54 Å². The molecule has 8 nitrogen and oxygen atoms in total. The smallest absolute Gasteiger partial charge is 0.149 e. The molecular weight excluding hydrogens is 340 g/mol. The van der Waals surface area contributed by atoms with Crippen molar-refractivity contribution < 1.29 is 8.42 Å². The van der Waals surface area contributed by atoms with Crippen LogP contribution in [-0.4, -0.2) is 45.4 Å². The Hall–Kier alpha value is -2.94. The first-order valence-electron chi connectivity index (χ1n) is 7.65. The molecule has 3 aromatic heterocycles. The molecule has 0 amide bonds. The van der Waals surface area contributed by atoms with E-state index in [1.54, 1.807) is 17.1 Å². The number of hydrogen-bond acceptors (Lipinski definition) is 6. The number of anilines is 1. The van der Waals surface area contributed by atoms with Gasteiger partial charge in [-0.2, -0.15) is 10.2 Å². The van der Waals surface area contributed by atoms with Crippen molar-refractivity contribution >= 4 is 37.5 Å². The topological polar surface area (TPSA) is 120 Å². The average Bonchev–Trinajstić information content (AvgIpc) is 3.22. The van der Waals surface area contributed by atoms with Gasteiger partial charge in [-0.25, -0.2) is 13.4 Å². The minimum atomic E-state index is -3.06. The Balaban J connectivity index is 1.84. The molecule has 3 heterocycles. The summed E-state index contributed by atoms with van der Waals surface area (Å²) in [6.45, 7) is 0.278. The van der Waals surface area contributed by atoms with Gasteiger partial charge in [-0.05, 0) is 18.2 Å². The highest BCUT2D eigenvalue weighted by Gasteiger charge is 2.13. The van der Waals surface area contributed by atoms with Gasteiger partial charge in [0.15, 0.2) is 0 Å². The summed E-state index contributed by atoms with van der Waals surface area (Å²) in [5, 5.41) is 13.0. The second-order valence-corrected chi connectivity index (χ2v) is 8.23. The molecule has 0 aliphatic heterocycles. The van der Waals surface area contributed by atoms with Crippen LogP contribution in [0.4, 0.5) is 5.82 Å². The molecule has 25 heavy (non-hydrogen) atoms. The molecule has 0 unspecified atom stereocenters. The third-order valence-corrected chi connectivity index (χ3v) is 4.94. The number of benzene rings is 1. The van der Waals surface area contributed by atoms with Gasteiger partial charge in [0.05, 0.1) is 28.9 Å². The van der Waals surface area contributed by atoms with Crippen LogP contribution >= 0.6 is 0 Å². The fraction of sp³-hybridized carbons (Fsp3) is 0.188. The summed E-state index contributed by atoms with van der Waals surface area (Å²) < 4.78 is 24.3. The van der Waals surface area contributed by atoms with Crippen molar-refractivity contribution in [2.24, 2.45) is 0 Å². The van der Waals surface area contributed by atoms with Gasteiger partial charge >= 0.3 is 0 Å². The molecule has 0 aliphatic rings. The summed E-state index contributed by atoms with van der Waals surface area (Å²) in [6, 6.07) is 7.67. The average molecular weight is 356 g/mol. The summed E-state index contributed by atoms with van der Waals surface area (Å²) in [5.41, 5.74) is 9.26. The van der Waals surface area contributed by atoms with Crippen molar-refractivity contribution in [1.29, 1.82) is 0 Å². The molecule has 1 aromatic carbocycles. The minimum absolute atomic E-state index is 0.0234. The number of hydrogen-bond donors (Lipinski definition) is 2. The summed E-state index contributed by atoms with van der Waals surface area (Å²) in [6.07, 6.45) is 4.70. The zero-order chi connectivity index (χ0) is 17.6. The van der Waals surface area contributed by atoms with Crippen LogP contribution < -0.4 is 5.73 Å². The zero-order valence-corrected chi connectivity index (χ0v) is 14.3. The van der Waals surface area contributed by atoms with Crippen LogP contribution in [0, 0.1) is 0 Å². The Labute approximate surface area is 143 Å². The van der Waals surface area contributed by atoms with Gasteiger partial charge in [0.2, 0.25) is 0 Å². The van der Waals surface area contributed by atoms with Crippen LogP contribution in [0.5, 0.6) is 0 Å². The fourth-order valence-electron chi connectivity index (χ4n) is 2.78. The number of pyridine rings is 1. The van der Waals surface area contributed by atoms with Crippen LogP contribution in [0.1, 0.15) is 0 Å². The minimum Gasteiger partial charge on any atom is -0.383 e. The van der Waals surface area contributed by atoms with E-state index in [4.69, 9.17) is 5.73 Å². The molecule has 0 saturated carbocycles. The number of nitrogen functional groups attached to an aromatic ring is 1. The van der Waals surface area contributed by atoms with E-state index in [1.807, 2.05) is 24.3 Å². The lowest BCUT2D eigenvalue weighted by Crippen LogP contribution is -2.11. The Morgan fingerprint density at radius 3 is 2.80 bits per heavy atom. The Kier molecular flexibility index (Phi) is 3.46. The first kappa shape index (κ1) is 15.6. The molecule has 3 N–H and O–H groups in total. The Morgan fingerprint density at radius 1 is 1.24 bits per heavy atom. The number of sulfone groups is 1. The molecular formula is C16H16N6O2S. The predicted molar refractivity (Wildman–Crippen MR) is 96.7 cm³/mol. The van der Waals surface area contributed by atoms with Gasteiger partial charge < -0.3 is 5.73 Å². The molecule has 0 aliphatic carbocycles. The number of aromatic amines is 1. The molecule has 9 heteroatoms. The molecule has 4 rings (SSSR count). The summed E-state index contributed by atoms with van der Waals surface area (Å²) in [5.74, 6) is 0.391. The zero-order valence-electron chi connectivity index (χ0n) is 13.5. The number of rotatable bonds is 4. The maximum absolute atomic E-state index is 11.4. The van der Waals surface area contributed by atoms with Gasteiger partial charge in [0.25, 0.3) is 0 Å². The largest absolute Gasteiger partial charge is 0.383 e. The van der Waals surface area contributed by atoms with Crippen molar-refractivity contribution in [3.8, 4) is 11.3 Å². The standard InChI is InChI=1S/C16H16N6O2S/c1-25(23,24)7-6-22-9-12-15(21-22)11-3-2-10(13-4-5-18-20-13)8-14(11)19-16(12)17/h2-5,8-9H,6-7H2,1H3,(H2,17,19)(H,18,20). The van der Waals surface area contributed by atoms with Crippen molar-refractivity contribution in [3.63, 3.8) is 0 Å². The molecule has 4 aromatic rings. The molecule has 0 fully saturated rings. The lowest BCUT2D eigenvalue weighted by atomic mass is 10.1. The van der Waals surface area contributed by atoms with E-state index >= 15 is 0 Å². The number of nitrogens with one attached hydrogen (secondary N) is 1. The summed E-state index contributed by atoms with van der Waals surface area (Å²) in [7, 11) is -3.06. The molecule has 0 spiro atoms. The highest BCUT2D eigenvalue weighted by Crippen LogP contribution is 2.29. The van der Waals surface area contributed by atoms with Crippen LogP contribution in [0.15, 0.2) is 36.7 Å². The normalized spacial score (nSPS) is 12.2. The molecule has 0 bridgehead atoms. The molecule has 0 saturated heterocycles. The number of aryl methyl sites for hydroxylation is 1. The lowest BCUT2D eigenvalue weighted by molar-refractivity contribution is 0.587. The van der Waals surface area contributed by atoms with E-state index in [0.717, 1.165) is 22.2 Å². The SMILES string of the molecule is CS(=O)(=O)CCn1cc2c(N)nc3cc(-c4cc[nH]n4)ccc3c2n1. The Bertz CT molecular complexity index is 1180. The number of nitrogens with zero attached hydrogens (tertiary/aromatic N) is 4. The lowest BCUT2D eigenvalue weighted by Gasteiger charge is -2.03. The van der Waals surface area contributed by atoms with Gasteiger partial charge in [0.1, 0.15) is 21.2 Å². The molecule has 128 valence electrons. The maximum atomic E-state index is 11.4. The van der Waals surface area contributed by atoms with E-state index in [0.29, 0.717) is 16.7 Å². The number of nitrogens with two attached hydrogens (primary N) is 1. The van der Waals surface area contributed by atoms with E-state index in [1.165, 1.54) is 6.26 Å². The monoisotopic (exact) mass is 356 g/mol. The number of fused-ring (bicyclic) bond motifs is 3. The van der Waals surface area contributed by atoms with Crippen molar-refractivity contribution in [1.82, 2.24) is 25.0 Å². The van der Waals surface area contributed by atoms with Gasteiger partial charge in [0, 0.05) is 29.6 Å². The second-order valence-electron chi connectivity index (χ2n) is 5.97. The van der Waals surface area contributed by atoms with Crippen molar-refractivity contribution in [2.75, 3.05) is 17.7 Å². The molecule has 0 radical (unpaired) electrons. The van der Waals surface area contributed by atoms with Gasteiger partial charge in [-0.3, -0.25) is 9.78 Å². The predicted octanol–water partition coefficient (Wildman–Crippen LogP) is 1.60. The fourth-order valence-corrected chi connectivity index (χ4v) is 3.30. The van der Waals surface area contributed by atoms with E-state index in [2.05, 4.69) is 20.3 Å². The Morgan fingerprint density at radius 2 is 2.08 bits per heavy atom. The van der Waals surface area contributed by atoms with Crippen molar-refractivity contribution in [3.05, 3.63) is 36.7 Å². The third kappa shape index (κ3) is 2.93. The molecule has 0 atom stereocenters. The van der Waals surface area contributed by atoms with E-state index < -0.39 is 9.84 Å².